The predicted molar refractivity (Wildman–Crippen MR) is 118 cm³/mol. The summed E-state index contributed by atoms with van der Waals surface area (Å²) >= 11 is 6.06. The van der Waals surface area contributed by atoms with Crippen molar-refractivity contribution < 1.29 is 14.6 Å². The summed E-state index contributed by atoms with van der Waals surface area (Å²) in [4.78, 5) is 11.8. The molecule has 0 aliphatic carbocycles. The molecule has 1 N–H and O–H groups in total. The molecule has 5 heteroatoms. The third kappa shape index (κ3) is 3.99. The molecule has 1 aromatic heterocycles. The number of carboxylic acids is 1. The second-order valence-electron chi connectivity index (χ2n) is 8.08. The number of rotatable bonds is 7. The number of hydrogen-bond donors (Lipinski definition) is 1. The first-order chi connectivity index (χ1) is 13.7. The minimum atomic E-state index is -0.798. The van der Waals surface area contributed by atoms with Crippen molar-refractivity contribution in [3.63, 3.8) is 0 Å². The zero-order valence-corrected chi connectivity index (χ0v) is 18.4. The van der Waals surface area contributed by atoms with Crippen LogP contribution in [0.5, 0.6) is 5.75 Å². The maximum Gasteiger partial charge on any atom is 0.307 e. The fourth-order valence-electron chi connectivity index (χ4n) is 4.04. The number of nitrogens with zero attached hydrogens (tertiary/aromatic N) is 1. The van der Waals surface area contributed by atoms with Crippen LogP contribution in [-0.2, 0) is 16.8 Å². The van der Waals surface area contributed by atoms with Gasteiger partial charge in [0.1, 0.15) is 5.75 Å². The highest BCUT2D eigenvalue weighted by atomic mass is 35.5. The van der Waals surface area contributed by atoms with E-state index >= 15 is 0 Å². The summed E-state index contributed by atoms with van der Waals surface area (Å²) in [6, 6.07) is 13.9. The molecule has 0 bridgehead atoms. The summed E-state index contributed by atoms with van der Waals surface area (Å²) in [5.41, 5.74) is 3.74. The zero-order chi connectivity index (χ0) is 21.3. The Labute approximate surface area is 177 Å². The average molecular weight is 414 g/mol. The Morgan fingerprint density at radius 3 is 2.45 bits per heavy atom. The van der Waals surface area contributed by atoms with Crippen LogP contribution >= 0.6 is 11.6 Å². The van der Waals surface area contributed by atoms with Gasteiger partial charge < -0.3 is 14.4 Å². The lowest BCUT2D eigenvalue weighted by atomic mass is 9.75. The third-order valence-electron chi connectivity index (χ3n) is 5.92. The number of halogens is 1. The summed E-state index contributed by atoms with van der Waals surface area (Å²) in [5.74, 6) is -0.518. The smallest absolute Gasteiger partial charge is 0.307 e. The quantitative estimate of drug-likeness (QED) is 0.513. The minimum absolute atomic E-state index is 0.541. The molecule has 29 heavy (non-hydrogen) atoms. The van der Waals surface area contributed by atoms with Crippen molar-refractivity contribution in [2.24, 2.45) is 5.92 Å². The van der Waals surface area contributed by atoms with E-state index in [0.717, 1.165) is 33.5 Å². The molecule has 0 radical (unpaired) electrons. The molecular formula is C24H28ClNO3. The summed E-state index contributed by atoms with van der Waals surface area (Å²) in [6.45, 7) is 11.1. The predicted octanol–water partition coefficient (Wildman–Crippen LogP) is 6.05. The Balaban J connectivity index is 2.24. The van der Waals surface area contributed by atoms with Gasteiger partial charge in [0.25, 0.3) is 0 Å². The summed E-state index contributed by atoms with van der Waals surface area (Å²) < 4.78 is 7.94. The summed E-state index contributed by atoms with van der Waals surface area (Å²) in [7, 11) is 0. The Bertz CT molecular complexity index is 1030. The van der Waals surface area contributed by atoms with E-state index in [1.165, 1.54) is 0 Å². The molecule has 3 aromatic rings. The number of carboxylic acid groups (broad SMARTS) is 1. The van der Waals surface area contributed by atoms with Crippen molar-refractivity contribution in [3.05, 3.63) is 64.3 Å². The second-order valence-corrected chi connectivity index (χ2v) is 8.52. The van der Waals surface area contributed by atoms with Crippen LogP contribution in [0.1, 0.15) is 44.5 Å². The molecule has 0 saturated heterocycles. The van der Waals surface area contributed by atoms with Crippen molar-refractivity contribution in [3.8, 4) is 5.75 Å². The molecule has 0 aliphatic rings. The zero-order valence-electron chi connectivity index (χ0n) is 17.6. The summed E-state index contributed by atoms with van der Waals surface area (Å²) in [6.07, 6.45) is 0. The largest absolute Gasteiger partial charge is 0.494 e. The Hall–Kier alpha value is -2.46. The lowest BCUT2D eigenvalue weighted by Crippen LogP contribution is -2.35. The van der Waals surface area contributed by atoms with Gasteiger partial charge in [0, 0.05) is 33.6 Å². The van der Waals surface area contributed by atoms with Gasteiger partial charge in [-0.15, -0.1) is 0 Å². The molecule has 2 aromatic carbocycles. The molecular weight excluding hydrogens is 386 g/mol. The lowest BCUT2D eigenvalue weighted by molar-refractivity contribution is -0.143. The Kier molecular flexibility index (Phi) is 5.95. The first-order valence-corrected chi connectivity index (χ1v) is 10.3. The monoisotopic (exact) mass is 413 g/mol. The van der Waals surface area contributed by atoms with Crippen molar-refractivity contribution in [2.45, 2.75) is 46.6 Å². The molecule has 0 aliphatic heterocycles. The van der Waals surface area contributed by atoms with Crippen LogP contribution in [-0.4, -0.2) is 22.2 Å². The van der Waals surface area contributed by atoms with Crippen LogP contribution in [0.4, 0.5) is 0 Å². The topological polar surface area (TPSA) is 51.5 Å². The van der Waals surface area contributed by atoms with Crippen molar-refractivity contribution in [1.82, 2.24) is 4.57 Å². The van der Waals surface area contributed by atoms with Gasteiger partial charge in [0.05, 0.1) is 12.5 Å². The van der Waals surface area contributed by atoms with Gasteiger partial charge in [-0.2, -0.15) is 0 Å². The van der Waals surface area contributed by atoms with Gasteiger partial charge in [-0.3, -0.25) is 4.79 Å². The van der Waals surface area contributed by atoms with E-state index in [9.17, 15) is 9.90 Å². The van der Waals surface area contributed by atoms with Gasteiger partial charge in [-0.1, -0.05) is 44.5 Å². The molecule has 0 spiro atoms. The number of benzene rings is 2. The highest BCUT2D eigenvalue weighted by Gasteiger charge is 2.37. The van der Waals surface area contributed by atoms with Crippen LogP contribution in [0, 0.1) is 12.8 Å². The maximum absolute atomic E-state index is 11.8. The highest BCUT2D eigenvalue weighted by molar-refractivity contribution is 6.30. The minimum Gasteiger partial charge on any atom is -0.494 e. The van der Waals surface area contributed by atoms with Gasteiger partial charge in [-0.25, -0.2) is 0 Å². The van der Waals surface area contributed by atoms with Crippen LogP contribution in [0.15, 0.2) is 42.5 Å². The van der Waals surface area contributed by atoms with E-state index in [-0.39, 0.29) is 0 Å². The normalized spacial score (nSPS) is 12.9. The number of aryl methyl sites for hydroxylation is 1. The molecule has 4 nitrogen and oxygen atoms in total. The highest BCUT2D eigenvalue weighted by Crippen LogP contribution is 2.40. The van der Waals surface area contributed by atoms with Crippen LogP contribution in [0.2, 0.25) is 5.02 Å². The van der Waals surface area contributed by atoms with E-state index in [2.05, 4.69) is 23.6 Å². The molecule has 1 heterocycles. The fraction of sp³-hybridized carbons (Fsp3) is 0.375. The number of aromatic nitrogens is 1. The van der Waals surface area contributed by atoms with Gasteiger partial charge >= 0.3 is 5.97 Å². The maximum atomic E-state index is 11.8. The van der Waals surface area contributed by atoms with E-state index in [0.29, 0.717) is 18.2 Å². The average Bonchev–Trinajstić information content (AvgIpc) is 2.95. The SMILES string of the molecule is CCOc1ccc2c(c1)c(C)c(C(C)(C)C(C)C(=O)O)n2Cc1ccc(Cl)cc1. The molecule has 1 unspecified atom stereocenters. The van der Waals surface area contributed by atoms with Gasteiger partial charge in [0.15, 0.2) is 0 Å². The number of aliphatic carboxylic acids is 1. The van der Waals surface area contributed by atoms with E-state index in [1.807, 2.05) is 51.1 Å². The first kappa shape index (κ1) is 21.3. The second kappa shape index (κ2) is 8.11. The molecule has 0 amide bonds. The van der Waals surface area contributed by atoms with Crippen LogP contribution in [0.3, 0.4) is 0 Å². The summed E-state index contributed by atoms with van der Waals surface area (Å²) in [5, 5.41) is 11.5. The fourth-order valence-corrected chi connectivity index (χ4v) is 4.17. The number of carbonyl (C=O) groups is 1. The Morgan fingerprint density at radius 1 is 1.21 bits per heavy atom. The van der Waals surface area contributed by atoms with Crippen molar-refractivity contribution >= 4 is 28.5 Å². The first-order valence-electron chi connectivity index (χ1n) is 9.90. The van der Waals surface area contributed by atoms with E-state index in [4.69, 9.17) is 16.3 Å². The van der Waals surface area contributed by atoms with Crippen LogP contribution < -0.4 is 4.74 Å². The van der Waals surface area contributed by atoms with E-state index < -0.39 is 17.3 Å². The number of fused-ring (bicyclic) bond motifs is 1. The third-order valence-corrected chi connectivity index (χ3v) is 6.17. The molecule has 0 fully saturated rings. The molecule has 3 rings (SSSR count). The van der Waals surface area contributed by atoms with Crippen LogP contribution in [0.25, 0.3) is 10.9 Å². The Morgan fingerprint density at radius 2 is 1.86 bits per heavy atom. The molecule has 0 saturated carbocycles. The molecule has 154 valence electrons. The molecule has 1 atom stereocenters. The van der Waals surface area contributed by atoms with Gasteiger partial charge in [-0.05, 0) is 55.3 Å². The van der Waals surface area contributed by atoms with Crippen molar-refractivity contribution in [1.29, 1.82) is 0 Å². The lowest BCUT2D eigenvalue weighted by Gasteiger charge is -2.32. The van der Waals surface area contributed by atoms with Crippen molar-refractivity contribution in [2.75, 3.05) is 6.61 Å². The standard InChI is InChI=1S/C24H28ClNO3/c1-6-29-19-11-12-21-20(13-19)15(2)22(24(4,5)16(3)23(27)28)26(21)14-17-7-9-18(25)10-8-17/h7-13,16H,6,14H2,1-5H3,(H,27,28). The number of hydrogen-bond acceptors (Lipinski definition) is 2. The number of ether oxygens (including phenoxy) is 1. The van der Waals surface area contributed by atoms with E-state index in [1.54, 1.807) is 6.92 Å². The van der Waals surface area contributed by atoms with Gasteiger partial charge in [0.2, 0.25) is 0 Å².